The molecule has 3 aromatic rings. The standard InChI is InChI=1S/C22H22FN5/c1-13-7-9-17(21(25)16-5-4-6-19(24)18(16)12-26-3)22(14(13)2)28-15-8-10-20(23)27-11-15/h4-12,25,28H,24H2,1-3H3. The van der Waals surface area contributed by atoms with Crippen molar-refractivity contribution in [1.29, 1.82) is 5.41 Å². The summed E-state index contributed by atoms with van der Waals surface area (Å²) < 4.78 is 13.2. The molecule has 3 rings (SSSR count). The van der Waals surface area contributed by atoms with Crippen LogP contribution in [-0.2, 0) is 0 Å². The van der Waals surface area contributed by atoms with Gasteiger partial charge in [-0.15, -0.1) is 0 Å². The lowest BCUT2D eigenvalue weighted by Gasteiger charge is -2.19. The van der Waals surface area contributed by atoms with E-state index in [2.05, 4.69) is 15.3 Å². The summed E-state index contributed by atoms with van der Waals surface area (Å²) in [6, 6.07) is 12.3. The van der Waals surface area contributed by atoms with Crippen LogP contribution in [0.25, 0.3) is 0 Å². The summed E-state index contributed by atoms with van der Waals surface area (Å²) in [4.78, 5) is 7.77. The summed E-state index contributed by atoms with van der Waals surface area (Å²) in [6.45, 7) is 3.99. The quantitative estimate of drug-likeness (QED) is 0.345. The number of aliphatic imine (C=N–C) groups is 1. The number of hydrogen-bond donors (Lipinski definition) is 3. The van der Waals surface area contributed by atoms with E-state index in [0.717, 1.165) is 16.8 Å². The molecule has 6 heteroatoms. The molecule has 0 saturated carbocycles. The Morgan fingerprint density at radius 2 is 1.93 bits per heavy atom. The van der Waals surface area contributed by atoms with Gasteiger partial charge in [-0.3, -0.25) is 10.4 Å². The molecule has 0 fully saturated rings. The minimum absolute atomic E-state index is 0.322. The van der Waals surface area contributed by atoms with Crippen LogP contribution in [0.5, 0.6) is 0 Å². The third-order valence-electron chi connectivity index (χ3n) is 4.67. The zero-order valence-electron chi connectivity index (χ0n) is 16.0. The Bertz CT molecular complexity index is 1060. The highest BCUT2D eigenvalue weighted by molar-refractivity contribution is 6.18. The van der Waals surface area contributed by atoms with Crippen LogP contribution in [0.15, 0.2) is 53.7 Å². The van der Waals surface area contributed by atoms with Gasteiger partial charge in [0.05, 0.1) is 23.3 Å². The van der Waals surface area contributed by atoms with Gasteiger partial charge in [0.25, 0.3) is 0 Å². The summed E-state index contributed by atoms with van der Waals surface area (Å²) in [5.74, 6) is -0.539. The first kappa shape index (κ1) is 19.2. The summed E-state index contributed by atoms with van der Waals surface area (Å²) in [7, 11) is 1.67. The molecule has 0 bridgehead atoms. The van der Waals surface area contributed by atoms with Gasteiger partial charge in [0, 0.05) is 35.6 Å². The second kappa shape index (κ2) is 8.00. The average molecular weight is 375 g/mol. The van der Waals surface area contributed by atoms with Crippen LogP contribution in [-0.4, -0.2) is 24.0 Å². The van der Waals surface area contributed by atoms with Crippen LogP contribution in [0.1, 0.15) is 27.8 Å². The number of nitrogen functional groups attached to an aromatic ring is 1. The van der Waals surface area contributed by atoms with E-state index in [1.807, 2.05) is 38.1 Å². The highest BCUT2D eigenvalue weighted by atomic mass is 19.1. The summed E-state index contributed by atoms with van der Waals surface area (Å²) in [5, 5.41) is 12.2. The number of nitrogens with one attached hydrogen (secondary N) is 2. The maximum atomic E-state index is 13.2. The molecule has 0 amide bonds. The van der Waals surface area contributed by atoms with E-state index in [1.165, 1.54) is 12.3 Å². The van der Waals surface area contributed by atoms with Gasteiger partial charge in [-0.2, -0.15) is 4.39 Å². The van der Waals surface area contributed by atoms with Gasteiger partial charge in [-0.25, -0.2) is 4.98 Å². The Labute approximate surface area is 163 Å². The summed E-state index contributed by atoms with van der Waals surface area (Å²) >= 11 is 0. The smallest absolute Gasteiger partial charge is 0.212 e. The molecule has 2 aromatic carbocycles. The zero-order valence-corrected chi connectivity index (χ0v) is 16.0. The number of benzene rings is 2. The first-order valence-corrected chi connectivity index (χ1v) is 8.81. The summed E-state index contributed by atoms with van der Waals surface area (Å²) in [5.41, 5.74) is 12.6. The van der Waals surface area contributed by atoms with Crippen LogP contribution in [0.3, 0.4) is 0 Å². The SMILES string of the molecule is CN=Cc1c(N)cccc1C(=N)c1ccc(C)c(C)c1Nc1ccc(F)nc1. The second-order valence-corrected chi connectivity index (χ2v) is 6.50. The van der Waals surface area contributed by atoms with E-state index < -0.39 is 5.95 Å². The molecule has 0 aliphatic rings. The molecule has 142 valence electrons. The highest BCUT2D eigenvalue weighted by Gasteiger charge is 2.17. The van der Waals surface area contributed by atoms with Gasteiger partial charge in [0.1, 0.15) is 0 Å². The van der Waals surface area contributed by atoms with Crippen molar-refractivity contribution in [3.05, 3.63) is 82.4 Å². The fourth-order valence-electron chi connectivity index (χ4n) is 3.00. The minimum atomic E-state index is -0.539. The fourth-order valence-corrected chi connectivity index (χ4v) is 3.00. The van der Waals surface area contributed by atoms with E-state index in [9.17, 15) is 4.39 Å². The van der Waals surface area contributed by atoms with Crippen LogP contribution >= 0.6 is 0 Å². The van der Waals surface area contributed by atoms with Crippen molar-refractivity contribution in [3.63, 3.8) is 0 Å². The normalized spacial score (nSPS) is 11.0. The molecule has 1 heterocycles. The minimum Gasteiger partial charge on any atom is -0.398 e. The lowest BCUT2D eigenvalue weighted by atomic mass is 9.93. The summed E-state index contributed by atoms with van der Waals surface area (Å²) in [6.07, 6.45) is 3.09. The predicted molar refractivity (Wildman–Crippen MR) is 114 cm³/mol. The molecule has 4 N–H and O–H groups in total. The molecule has 5 nitrogen and oxygen atoms in total. The molecule has 0 unspecified atom stereocenters. The number of anilines is 3. The maximum Gasteiger partial charge on any atom is 0.212 e. The molecule has 0 radical (unpaired) electrons. The number of hydrogen-bond acceptors (Lipinski definition) is 5. The van der Waals surface area contributed by atoms with E-state index in [4.69, 9.17) is 11.1 Å². The van der Waals surface area contributed by atoms with Crippen LogP contribution < -0.4 is 11.1 Å². The van der Waals surface area contributed by atoms with Crippen molar-refractivity contribution in [3.8, 4) is 0 Å². The third kappa shape index (κ3) is 3.76. The van der Waals surface area contributed by atoms with Crippen molar-refractivity contribution in [1.82, 2.24) is 4.98 Å². The molecular weight excluding hydrogens is 353 g/mol. The Morgan fingerprint density at radius 1 is 1.14 bits per heavy atom. The number of pyridine rings is 1. The van der Waals surface area contributed by atoms with Crippen LogP contribution in [0, 0.1) is 25.2 Å². The molecule has 0 spiro atoms. The number of nitrogens with two attached hydrogens (primary N) is 1. The number of aromatic nitrogens is 1. The Balaban J connectivity index is 2.12. The lowest BCUT2D eigenvalue weighted by molar-refractivity contribution is 0.584. The maximum absolute atomic E-state index is 13.2. The Morgan fingerprint density at radius 3 is 2.61 bits per heavy atom. The van der Waals surface area contributed by atoms with Crippen molar-refractivity contribution in [2.75, 3.05) is 18.1 Å². The monoisotopic (exact) mass is 375 g/mol. The largest absolute Gasteiger partial charge is 0.398 e. The predicted octanol–water partition coefficient (Wildman–Crippen LogP) is 4.63. The zero-order chi connectivity index (χ0) is 20.3. The van der Waals surface area contributed by atoms with Crippen molar-refractivity contribution < 1.29 is 4.39 Å². The van der Waals surface area contributed by atoms with Crippen LogP contribution in [0.4, 0.5) is 21.5 Å². The molecule has 0 saturated heterocycles. The molecule has 0 aliphatic carbocycles. The molecule has 0 atom stereocenters. The Hall–Kier alpha value is -3.54. The average Bonchev–Trinajstić information content (AvgIpc) is 2.68. The number of rotatable bonds is 5. The Kier molecular flexibility index (Phi) is 5.49. The number of halogens is 1. The first-order chi connectivity index (χ1) is 13.4. The lowest BCUT2D eigenvalue weighted by Crippen LogP contribution is -2.11. The van der Waals surface area contributed by atoms with E-state index in [-0.39, 0.29) is 0 Å². The van der Waals surface area contributed by atoms with Gasteiger partial charge in [0.2, 0.25) is 5.95 Å². The molecular formula is C22H22FN5. The molecule has 28 heavy (non-hydrogen) atoms. The van der Waals surface area contributed by atoms with Crippen molar-refractivity contribution >= 4 is 29.0 Å². The molecule has 1 aromatic heterocycles. The third-order valence-corrected chi connectivity index (χ3v) is 4.67. The van der Waals surface area contributed by atoms with E-state index >= 15 is 0 Å². The van der Waals surface area contributed by atoms with Gasteiger partial charge in [0.15, 0.2) is 0 Å². The number of aryl methyl sites for hydroxylation is 1. The van der Waals surface area contributed by atoms with Crippen LogP contribution in [0.2, 0.25) is 0 Å². The topological polar surface area (TPSA) is 87.1 Å². The van der Waals surface area contributed by atoms with Gasteiger partial charge in [-0.1, -0.05) is 24.3 Å². The first-order valence-electron chi connectivity index (χ1n) is 8.81. The van der Waals surface area contributed by atoms with Crippen molar-refractivity contribution in [2.45, 2.75) is 13.8 Å². The van der Waals surface area contributed by atoms with Gasteiger partial charge in [-0.05, 0) is 43.2 Å². The fraction of sp³-hybridized carbons (Fsp3) is 0.136. The number of nitrogens with zero attached hydrogens (tertiary/aromatic N) is 2. The van der Waals surface area contributed by atoms with Crippen molar-refractivity contribution in [2.24, 2.45) is 4.99 Å². The second-order valence-electron chi connectivity index (χ2n) is 6.50. The molecule has 0 aliphatic heterocycles. The van der Waals surface area contributed by atoms with Gasteiger partial charge < -0.3 is 11.1 Å². The highest BCUT2D eigenvalue weighted by Crippen LogP contribution is 2.30. The van der Waals surface area contributed by atoms with Gasteiger partial charge >= 0.3 is 0 Å². The van der Waals surface area contributed by atoms with E-state index in [1.54, 1.807) is 25.4 Å². The van der Waals surface area contributed by atoms with E-state index in [0.29, 0.717) is 33.8 Å².